The molecule has 0 aliphatic rings. The predicted octanol–water partition coefficient (Wildman–Crippen LogP) is 4.53. The molecule has 1 N–H and O–H groups in total. The molecule has 0 amide bonds. The van der Waals surface area contributed by atoms with Gasteiger partial charge in [-0.3, -0.25) is 0 Å². The van der Waals surface area contributed by atoms with Crippen LogP contribution in [0.1, 0.15) is 20.3 Å². The Morgan fingerprint density at radius 2 is 2.26 bits per heavy atom. The van der Waals surface area contributed by atoms with Crippen molar-refractivity contribution in [3.8, 4) is 0 Å². The third-order valence-corrected chi connectivity index (χ3v) is 4.01. The van der Waals surface area contributed by atoms with Crippen LogP contribution in [-0.2, 0) is 4.74 Å². The van der Waals surface area contributed by atoms with Crippen molar-refractivity contribution in [1.29, 1.82) is 0 Å². The first-order chi connectivity index (χ1) is 9.15. The van der Waals surface area contributed by atoms with Crippen LogP contribution in [0.25, 0.3) is 10.2 Å². The van der Waals surface area contributed by atoms with Crippen molar-refractivity contribution in [2.45, 2.75) is 20.3 Å². The van der Waals surface area contributed by atoms with Gasteiger partial charge in [-0.2, -0.15) is 0 Å². The Balaban J connectivity index is 1.75. The molecule has 0 spiro atoms. The first-order valence-electron chi connectivity index (χ1n) is 6.53. The molecule has 0 saturated carbocycles. The second kappa shape index (κ2) is 7.22. The molecule has 0 radical (unpaired) electrons. The molecule has 0 atom stereocenters. The number of rotatable bonds is 7. The monoisotopic (exact) mass is 342 g/mol. The third-order valence-electron chi connectivity index (χ3n) is 2.54. The third kappa shape index (κ3) is 4.75. The van der Waals surface area contributed by atoms with Crippen LogP contribution in [-0.4, -0.2) is 24.7 Å². The number of nitrogens with one attached hydrogen (secondary N) is 1. The molecular weight excluding hydrogens is 324 g/mol. The number of ether oxygens (including phenoxy) is 1. The van der Waals surface area contributed by atoms with Crippen molar-refractivity contribution >= 4 is 42.6 Å². The average molecular weight is 343 g/mol. The molecule has 0 fully saturated rings. The molecule has 2 rings (SSSR count). The van der Waals surface area contributed by atoms with E-state index in [9.17, 15) is 0 Å². The quantitative estimate of drug-likeness (QED) is 0.750. The van der Waals surface area contributed by atoms with Gasteiger partial charge in [-0.25, -0.2) is 4.98 Å². The van der Waals surface area contributed by atoms with Crippen molar-refractivity contribution in [1.82, 2.24) is 4.98 Å². The van der Waals surface area contributed by atoms with Crippen LogP contribution in [0.2, 0.25) is 0 Å². The van der Waals surface area contributed by atoms with E-state index in [-0.39, 0.29) is 0 Å². The van der Waals surface area contributed by atoms with Gasteiger partial charge in [-0.1, -0.05) is 41.1 Å². The fourth-order valence-electron chi connectivity index (χ4n) is 1.66. The van der Waals surface area contributed by atoms with Crippen LogP contribution < -0.4 is 5.32 Å². The standard InChI is InChI=1S/C14H19BrN2OS/c1-10(2)9-18-7-3-6-16-14-17-12-5-4-11(15)8-13(12)19-14/h4-5,8,10H,3,6-7,9H2,1-2H3,(H,16,17). The second-order valence-electron chi connectivity index (χ2n) is 4.88. The molecule has 19 heavy (non-hydrogen) atoms. The number of hydrogen-bond acceptors (Lipinski definition) is 4. The van der Waals surface area contributed by atoms with Gasteiger partial charge in [0.2, 0.25) is 0 Å². The maximum Gasteiger partial charge on any atom is 0.183 e. The van der Waals surface area contributed by atoms with Crippen LogP contribution in [0, 0.1) is 5.92 Å². The van der Waals surface area contributed by atoms with Gasteiger partial charge in [0.05, 0.1) is 10.2 Å². The first-order valence-corrected chi connectivity index (χ1v) is 8.14. The summed E-state index contributed by atoms with van der Waals surface area (Å²) in [6.45, 7) is 6.88. The van der Waals surface area contributed by atoms with Crippen molar-refractivity contribution in [3.05, 3.63) is 22.7 Å². The Kier molecular flexibility index (Phi) is 5.60. The summed E-state index contributed by atoms with van der Waals surface area (Å²) in [4.78, 5) is 4.55. The van der Waals surface area contributed by atoms with Gasteiger partial charge in [-0.05, 0) is 30.5 Å². The van der Waals surface area contributed by atoms with Gasteiger partial charge in [0.1, 0.15) is 0 Å². The zero-order chi connectivity index (χ0) is 13.7. The number of benzene rings is 1. The van der Waals surface area contributed by atoms with Gasteiger partial charge >= 0.3 is 0 Å². The Bertz CT molecular complexity index is 527. The molecule has 0 aliphatic carbocycles. The van der Waals surface area contributed by atoms with E-state index >= 15 is 0 Å². The van der Waals surface area contributed by atoms with Crippen LogP contribution >= 0.6 is 27.3 Å². The van der Waals surface area contributed by atoms with Crippen LogP contribution in [0.5, 0.6) is 0 Å². The molecule has 0 saturated heterocycles. The summed E-state index contributed by atoms with van der Waals surface area (Å²) in [6.07, 6.45) is 1.01. The summed E-state index contributed by atoms with van der Waals surface area (Å²) in [5.41, 5.74) is 1.05. The number of anilines is 1. The summed E-state index contributed by atoms with van der Waals surface area (Å²) in [5, 5.41) is 4.34. The van der Waals surface area contributed by atoms with Crippen molar-refractivity contribution in [2.24, 2.45) is 5.92 Å². The number of nitrogens with zero attached hydrogens (tertiary/aromatic N) is 1. The molecule has 104 valence electrons. The second-order valence-corrected chi connectivity index (χ2v) is 6.83. The van der Waals surface area contributed by atoms with Gasteiger partial charge in [0.25, 0.3) is 0 Å². The van der Waals surface area contributed by atoms with E-state index in [1.54, 1.807) is 11.3 Å². The molecule has 0 aliphatic heterocycles. The molecule has 2 aromatic rings. The number of hydrogen-bond donors (Lipinski definition) is 1. The first kappa shape index (κ1) is 14.8. The molecule has 0 bridgehead atoms. The highest BCUT2D eigenvalue weighted by atomic mass is 79.9. The van der Waals surface area contributed by atoms with E-state index < -0.39 is 0 Å². The number of aromatic nitrogens is 1. The number of halogens is 1. The fourth-order valence-corrected chi connectivity index (χ4v) is 3.11. The van der Waals surface area contributed by atoms with Gasteiger partial charge in [0, 0.05) is 24.2 Å². The molecule has 1 heterocycles. The maximum absolute atomic E-state index is 5.54. The van der Waals surface area contributed by atoms with E-state index in [0.29, 0.717) is 5.92 Å². The predicted molar refractivity (Wildman–Crippen MR) is 86.1 cm³/mol. The van der Waals surface area contributed by atoms with E-state index in [2.05, 4.69) is 46.1 Å². The number of fused-ring (bicyclic) bond motifs is 1. The minimum absolute atomic E-state index is 0.607. The summed E-state index contributed by atoms with van der Waals surface area (Å²) in [7, 11) is 0. The van der Waals surface area contributed by atoms with Gasteiger partial charge in [0.15, 0.2) is 5.13 Å². The van der Waals surface area contributed by atoms with Gasteiger partial charge < -0.3 is 10.1 Å². The average Bonchev–Trinajstić information content (AvgIpc) is 2.75. The molecule has 0 unspecified atom stereocenters. The summed E-state index contributed by atoms with van der Waals surface area (Å²) in [5.74, 6) is 0.607. The normalized spacial score (nSPS) is 11.4. The SMILES string of the molecule is CC(C)COCCCNc1nc2ccc(Br)cc2s1. The highest BCUT2D eigenvalue weighted by molar-refractivity contribution is 9.10. The Morgan fingerprint density at radius 3 is 3.05 bits per heavy atom. The van der Waals surface area contributed by atoms with E-state index in [1.807, 2.05) is 12.1 Å². The van der Waals surface area contributed by atoms with Crippen molar-refractivity contribution < 1.29 is 4.74 Å². The zero-order valence-corrected chi connectivity index (χ0v) is 13.7. The van der Waals surface area contributed by atoms with Gasteiger partial charge in [-0.15, -0.1) is 0 Å². The van der Waals surface area contributed by atoms with Crippen LogP contribution in [0.3, 0.4) is 0 Å². The minimum atomic E-state index is 0.607. The smallest absolute Gasteiger partial charge is 0.183 e. The Morgan fingerprint density at radius 1 is 1.42 bits per heavy atom. The van der Waals surface area contributed by atoms with E-state index in [1.165, 1.54) is 4.70 Å². The van der Waals surface area contributed by atoms with Crippen LogP contribution in [0.15, 0.2) is 22.7 Å². The van der Waals surface area contributed by atoms with E-state index in [0.717, 1.165) is 41.3 Å². The maximum atomic E-state index is 5.54. The minimum Gasteiger partial charge on any atom is -0.381 e. The molecule has 1 aromatic carbocycles. The molecule has 3 nitrogen and oxygen atoms in total. The van der Waals surface area contributed by atoms with Crippen molar-refractivity contribution in [2.75, 3.05) is 25.1 Å². The topological polar surface area (TPSA) is 34.1 Å². The Hall–Kier alpha value is -0.650. The lowest BCUT2D eigenvalue weighted by Crippen LogP contribution is -2.08. The molecular formula is C14H19BrN2OS. The largest absolute Gasteiger partial charge is 0.381 e. The lowest BCUT2D eigenvalue weighted by Gasteiger charge is -2.06. The lowest BCUT2D eigenvalue weighted by atomic mass is 10.2. The van der Waals surface area contributed by atoms with Crippen LogP contribution in [0.4, 0.5) is 5.13 Å². The molecule has 5 heteroatoms. The summed E-state index contributed by atoms with van der Waals surface area (Å²) >= 11 is 5.16. The highest BCUT2D eigenvalue weighted by Crippen LogP contribution is 2.28. The zero-order valence-electron chi connectivity index (χ0n) is 11.3. The van der Waals surface area contributed by atoms with E-state index in [4.69, 9.17) is 4.74 Å². The number of thiazole rings is 1. The van der Waals surface area contributed by atoms with Crippen molar-refractivity contribution in [3.63, 3.8) is 0 Å². The summed E-state index contributed by atoms with van der Waals surface area (Å²) in [6, 6.07) is 6.16. The lowest BCUT2D eigenvalue weighted by molar-refractivity contribution is 0.110. The Labute approximate surface area is 126 Å². The molecule has 1 aromatic heterocycles. The highest BCUT2D eigenvalue weighted by Gasteiger charge is 2.03. The fraction of sp³-hybridized carbons (Fsp3) is 0.500. The summed E-state index contributed by atoms with van der Waals surface area (Å²) < 4.78 is 7.84.